The number of carbonyl (C=O) groups is 2. The first-order valence-corrected chi connectivity index (χ1v) is 9.13. The fourth-order valence-corrected chi connectivity index (χ4v) is 3.09. The van der Waals surface area contributed by atoms with Gasteiger partial charge in [0.25, 0.3) is 5.91 Å². The number of amides is 1. The van der Waals surface area contributed by atoms with Gasteiger partial charge in [-0.15, -0.1) is 0 Å². The minimum atomic E-state index is -0.558. The summed E-state index contributed by atoms with van der Waals surface area (Å²) in [6.07, 6.45) is 1.87. The standard InChI is InChI=1S/C19H18INO4/c20-15-7-9-16(10-8-15)24-13-19(23)25-12-18(22)21-11-3-5-14-4-1-2-6-17(14)21/h1-2,4,6-10H,3,5,11-13H2. The number of hydrogen-bond acceptors (Lipinski definition) is 4. The van der Waals surface area contributed by atoms with Gasteiger partial charge < -0.3 is 14.4 Å². The van der Waals surface area contributed by atoms with Crippen LogP contribution in [0.5, 0.6) is 5.75 Å². The highest BCUT2D eigenvalue weighted by molar-refractivity contribution is 14.1. The quantitative estimate of drug-likeness (QED) is 0.518. The molecule has 1 heterocycles. The van der Waals surface area contributed by atoms with Crippen molar-refractivity contribution in [2.45, 2.75) is 12.8 Å². The zero-order chi connectivity index (χ0) is 17.6. The van der Waals surface area contributed by atoms with Gasteiger partial charge in [0.05, 0.1) is 0 Å². The van der Waals surface area contributed by atoms with Crippen LogP contribution in [0.2, 0.25) is 0 Å². The molecule has 2 aromatic carbocycles. The molecule has 3 rings (SSSR count). The number of aryl methyl sites for hydroxylation is 1. The molecule has 0 N–H and O–H groups in total. The number of rotatable bonds is 5. The van der Waals surface area contributed by atoms with Gasteiger partial charge in [-0.25, -0.2) is 4.79 Å². The van der Waals surface area contributed by atoms with Crippen molar-refractivity contribution in [3.8, 4) is 5.75 Å². The topological polar surface area (TPSA) is 55.8 Å². The second-order valence-corrected chi connectivity index (χ2v) is 6.93. The van der Waals surface area contributed by atoms with Crippen LogP contribution in [0.1, 0.15) is 12.0 Å². The summed E-state index contributed by atoms with van der Waals surface area (Å²) in [6.45, 7) is 0.153. The SMILES string of the molecule is O=C(COc1ccc(I)cc1)OCC(=O)N1CCCc2ccccc21. The van der Waals surface area contributed by atoms with E-state index in [-0.39, 0.29) is 19.1 Å². The number of ether oxygens (including phenoxy) is 2. The van der Waals surface area contributed by atoms with E-state index in [9.17, 15) is 9.59 Å². The van der Waals surface area contributed by atoms with Crippen LogP contribution in [0.15, 0.2) is 48.5 Å². The number of hydrogen-bond donors (Lipinski definition) is 0. The minimum Gasteiger partial charge on any atom is -0.482 e. The first kappa shape index (κ1) is 17.7. The van der Waals surface area contributed by atoms with E-state index in [1.54, 1.807) is 17.0 Å². The maximum absolute atomic E-state index is 12.4. The summed E-state index contributed by atoms with van der Waals surface area (Å²) >= 11 is 2.19. The van der Waals surface area contributed by atoms with Gasteiger partial charge in [0.2, 0.25) is 0 Å². The van der Waals surface area contributed by atoms with E-state index in [1.165, 1.54) is 0 Å². The average Bonchev–Trinajstić information content (AvgIpc) is 2.65. The Hall–Kier alpha value is -2.09. The van der Waals surface area contributed by atoms with Crippen molar-refractivity contribution >= 4 is 40.2 Å². The molecule has 25 heavy (non-hydrogen) atoms. The van der Waals surface area contributed by atoms with Crippen LogP contribution in [0.4, 0.5) is 5.69 Å². The number of anilines is 1. The van der Waals surface area contributed by atoms with E-state index in [0.29, 0.717) is 12.3 Å². The molecular weight excluding hydrogens is 433 g/mol. The summed E-state index contributed by atoms with van der Waals surface area (Å²) in [4.78, 5) is 25.9. The van der Waals surface area contributed by atoms with Crippen LogP contribution in [-0.2, 0) is 20.7 Å². The van der Waals surface area contributed by atoms with Gasteiger partial charge in [-0.2, -0.15) is 0 Å². The number of esters is 1. The van der Waals surface area contributed by atoms with E-state index in [4.69, 9.17) is 9.47 Å². The third kappa shape index (κ3) is 4.72. The molecule has 0 saturated carbocycles. The smallest absolute Gasteiger partial charge is 0.344 e. The summed E-state index contributed by atoms with van der Waals surface area (Å²) in [5, 5.41) is 0. The molecule has 1 amide bonds. The summed E-state index contributed by atoms with van der Waals surface area (Å²) in [5.41, 5.74) is 2.06. The van der Waals surface area contributed by atoms with Crippen molar-refractivity contribution in [3.05, 3.63) is 57.7 Å². The van der Waals surface area contributed by atoms with Crippen molar-refractivity contribution in [3.63, 3.8) is 0 Å². The normalized spacial score (nSPS) is 13.1. The third-order valence-corrected chi connectivity index (χ3v) is 4.66. The molecule has 1 aliphatic rings. The molecule has 1 aliphatic heterocycles. The Balaban J connectivity index is 1.49. The summed E-state index contributed by atoms with van der Waals surface area (Å²) < 4.78 is 11.5. The number of nitrogens with zero attached hydrogens (tertiary/aromatic N) is 1. The Labute approximate surface area is 160 Å². The highest BCUT2D eigenvalue weighted by Crippen LogP contribution is 2.26. The molecule has 0 saturated heterocycles. The fourth-order valence-electron chi connectivity index (χ4n) is 2.73. The fraction of sp³-hybridized carbons (Fsp3) is 0.263. The number of benzene rings is 2. The zero-order valence-corrected chi connectivity index (χ0v) is 15.8. The molecule has 0 spiro atoms. The lowest BCUT2D eigenvalue weighted by Gasteiger charge is -2.29. The van der Waals surface area contributed by atoms with Crippen LogP contribution in [0.25, 0.3) is 0 Å². The molecule has 2 aromatic rings. The number of halogens is 1. The molecule has 5 nitrogen and oxygen atoms in total. The van der Waals surface area contributed by atoms with Crippen molar-refractivity contribution in [1.82, 2.24) is 0 Å². The third-order valence-electron chi connectivity index (χ3n) is 3.94. The van der Waals surface area contributed by atoms with Gasteiger partial charge in [-0.1, -0.05) is 18.2 Å². The first-order chi connectivity index (χ1) is 12.1. The Morgan fingerprint density at radius 3 is 2.60 bits per heavy atom. The highest BCUT2D eigenvalue weighted by atomic mass is 127. The molecule has 0 fully saturated rings. The Morgan fingerprint density at radius 1 is 1.04 bits per heavy atom. The van der Waals surface area contributed by atoms with Gasteiger partial charge in [0.1, 0.15) is 5.75 Å². The van der Waals surface area contributed by atoms with Gasteiger partial charge in [-0.05, 0) is 71.3 Å². The van der Waals surface area contributed by atoms with Gasteiger partial charge in [-0.3, -0.25) is 4.79 Å². The van der Waals surface area contributed by atoms with E-state index in [0.717, 1.165) is 27.7 Å². The zero-order valence-electron chi connectivity index (χ0n) is 13.6. The van der Waals surface area contributed by atoms with Crippen LogP contribution in [0, 0.1) is 3.57 Å². The number of fused-ring (bicyclic) bond motifs is 1. The largest absolute Gasteiger partial charge is 0.482 e. The minimum absolute atomic E-state index is 0.213. The van der Waals surface area contributed by atoms with Crippen LogP contribution >= 0.6 is 22.6 Å². The van der Waals surface area contributed by atoms with Crippen molar-refractivity contribution in [1.29, 1.82) is 0 Å². The van der Waals surface area contributed by atoms with Gasteiger partial charge >= 0.3 is 5.97 Å². The predicted molar refractivity (Wildman–Crippen MR) is 103 cm³/mol. The van der Waals surface area contributed by atoms with Gasteiger partial charge in [0.15, 0.2) is 13.2 Å². The van der Waals surface area contributed by atoms with Gasteiger partial charge in [0, 0.05) is 15.8 Å². The van der Waals surface area contributed by atoms with Crippen molar-refractivity contribution in [2.24, 2.45) is 0 Å². The monoisotopic (exact) mass is 451 g/mol. The molecule has 0 radical (unpaired) electrons. The van der Waals surface area contributed by atoms with Crippen molar-refractivity contribution < 1.29 is 19.1 Å². The lowest BCUT2D eigenvalue weighted by atomic mass is 10.0. The molecule has 0 aromatic heterocycles. The van der Waals surface area contributed by atoms with Crippen molar-refractivity contribution in [2.75, 3.05) is 24.7 Å². The molecule has 130 valence electrons. The summed E-state index contributed by atoms with van der Waals surface area (Å²) in [6, 6.07) is 15.2. The lowest BCUT2D eigenvalue weighted by molar-refractivity contribution is -0.149. The summed E-state index contributed by atoms with van der Waals surface area (Å²) in [5.74, 6) is -0.180. The van der Waals surface area contributed by atoms with Crippen LogP contribution in [0.3, 0.4) is 0 Å². The maximum Gasteiger partial charge on any atom is 0.344 e. The predicted octanol–water partition coefficient (Wildman–Crippen LogP) is 3.19. The molecule has 0 unspecified atom stereocenters. The summed E-state index contributed by atoms with van der Waals surface area (Å²) in [7, 11) is 0. The average molecular weight is 451 g/mol. The van der Waals surface area contributed by atoms with Crippen LogP contribution in [-0.4, -0.2) is 31.6 Å². The Morgan fingerprint density at radius 2 is 1.80 bits per heavy atom. The first-order valence-electron chi connectivity index (χ1n) is 8.06. The van der Waals surface area contributed by atoms with Crippen LogP contribution < -0.4 is 9.64 Å². The molecule has 6 heteroatoms. The molecular formula is C19H18INO4. The number of para-hydroxylation sites is 1. The second kappa shape index (κ2) is 8.33. The second-order valence-electron chi connectivity index (χ2n) is 5.68. The van der Waals surface area contributed by atoms with E-state index in [2.05, 4.69) is 22.6 Å². The Bertz CT molecular complexity index is 760. The van der Waals surface area contributed by atoms with E-state index < -0.39 is 5.97 Å². The highest BCUT2D eigenvalue weighted by Gasteiger charge is 2.23. The molecule has 0 bridgehead atoms. The molecule has 0 atom stereocenters. The van der Waals surface area contributed by atoms with E-state index >= 15 is 0 Å². The lowest BCUT2D eigenvalue weighted by Crippen LogP contribution is -2.38. The maximum atomic E-state index is 12.4. The number of carbonyl (C=O) groups excluding carboxylic acids is 2. The molecule has 0 aliphatic carbocycles. The Kier molecular flexibility index (Phi) is 5.91. The van der Waals surface area contributed by atoms with E-state index in [1.807, 2.05) is 36.4 Å².